The van der Waals surface area contributed by atoms with E-state index in [0.29, 0.717) is 12.3 Å². The maximum absolute atomic E-state index is 12.2. The Morgan fingerprint density at radius 3 is 2.45 bits per heavy atom. The van der Waals surface area contributed by atoms with Crippen LogP contribution >= 0.6 is 0 Å². The first-order chi connectivity index (χ1) is 10.5. The molecule has 1 aliphatic heterocycles. The highest BCUT2D eigenvalue weighted by Gasteiger charge is 2.18. The monoisotopic (exact) mass is 304 g/mol. The molecule has 0 radical (unpaired) electrons. The molecule has 4 heteroatoms. The fourth-order valence-electron chi connectivity index (χ4n) is 2.84. The third-order valence-corrected chi connectivity index (χ3v) is 4.06. The minimum Gasteiger partial charge on any atom is -0.491 e. The fourth-order valence-corrected chi connectivity index (χ4v) is 2.84. The number of rotatable bonds is 6. The maximum atomic E-state index is 12.2. The number of piperidine rings is 1. The summed E-state index contributed by atoms with van der Waals surface area (Å²) in [6, 6.07) is 8.00. The van der Waals surface area contributed by atoms with Crippen molar-refractivity contribution >= 4 is 5.91 Å². The van der Waals surface area contributed by atoms with Crippen LogP contribution in [0, 0.1) is 5.92 Å². The standard InChI is InChI=1S/C18H28N2O2/c1-13(2)22-17-6-4-16(5-7-17)14(3)20-18(21)12-15-8-10-19-11-9-15/h4-7,13-15,19H,8-12H2,1-3H3,(H,20,21). The molecule has 1 heterocycles. The van der Waals surface area contributed by atoms with Crippen molar-refractivity contribution in [3.05, 3.63) is 29.8 Å². The van der Waals surface area contributed by atoms with Gasteiger partial charge < -0.3 is 15.4 Å². The number of hydrogen-bond acceptors (Lipinski definition) is 3. The molecule has 0 spiro atoms. The van der Waals surface area contributed by atoms with Gasteiger partial charge in [-0.25, -0.2) is 0 Å². The summed E-state index contributed by atoms with van der Waals surface area (Å²) >= 11 is 0. The zero-order valence-corrected chi connectivity index (χ0v) is 13.9. The predicted octanol–water partition coefficient (Wildman–Crippen LogP) is 3.04. The Hall–Kier alpha value is -1.55. The van der Waals surface area contributed by atoms with Crippen LogP contribution in [0.5, 0.6) is 5.75 Å². The highest BCUT2D eigenvalue weighted by molar-refractivity contribution is 5.76. The highest BCUT2D eigenvalue weighted by Crippen LogP contribution is 2.20. The lowest BCUT2D eigenvalue weighted by Gasteiger charge is -2.23. The minimum atomic E-state index is 0.0299. The smallest absolute Gasteiger partial charge is 0.220 e. The summed E-state index contributed by atoms with van der Waals surface area (Å²) in [7, 11) is 0. The van der Waals surface area contributed by atoms with Crippen LogP contribution in [0.1, 0.15) is 51.6 Å². The van der Waals surface area contributed by atoms with Gasteiger partial charge in [-0.1, -0.05) is 12.1 Å². The van der Waals surface area contributed by atoms with Crippen LogP contribution in [0.2, 0.25) is 0 Å². The Morgan fingerprint density at radius 1 is 1.23 bits per heavy atom. The van der Waals surface area contributed by atoms with Gasteiger partial charge in [0.05, 0.1) is 12.1 Å². The molecule has 1 aromatic carbocycles. The summed E-state index contributed by atoms with van der Waals surface area (Å²) in [5.41, 5.74) is 1.11. The van der Waals surface area contributed by atoms with Crippen molar-refractivity contribution in [1.82, 2.24) is 10.6 Å². The topological polar surface area (TPSA) is 50.4 Å². The second-order valence-corrected chi connectivity index (χ2v) is 6.42. The molecule has 1 unspecified atom stereocenters. The third kappa shape index (κ3) is 5.34. The number of benzene rings is 1. The first-order valence-corrected chi connectivity index (χ1v) is 8.31. The normalized spacial score (nSPS) is 17.3. The molecule has 1 amide bonds. The van der Waals surface area contributed by atoms with Crippen LogP contribution in [0.4, 0.5) is 0 Å². The first-order valence-electron chi connectivity index (χ1n) is 8.31. The summed E-state index contributed by atoms with van der Waals surface area (Å²) in [5.74, 6) is 1.55. The van der Waals surface area contributed by atoms with Crippen molar-refractivity contribution in [2.75, 3.05) is 13.1 Å². The van der Waals surface area contributed by atoms with Crippen molar-refractivity contribution in [2.24, 2.45) is 5.92 Å². The Kier molecular flexibility index (Phi) is 6.25. The van der Waals surface area contributed by atoms with Gasteiger partial charge in [-0.15, -0.1) is 0 Å². The lowest BCUT2D eigenvalue weighted by atomic mass is 9.94. The Bertz CT molecular complexity index is 464. The van der Waals surface area contributed by atoms with Crippen molar-refractivity contribution in [3.63, 3.8) is 0 Å². The van der Waals surface area contributed by atoms with Crippen LogP contribution in [0.15, 0.2) is 24.3 Å². The van der Waals surface area contributed by atoms with Gasteiger partial charge in [0, 0.05) is 6.42 Å². The van der Waals surface area contributed by atoms with Crippen molar-refractivity contribution in [1.29, 1.82) is 0 Å². The second-order valence-electron chi connectivity index (χ2n) is 6.42. The van der Waals surface area contributed by atoms with Crippen LogP contribution in [-0.2, 0) is 4.79 Å². The number of hydrogen-bond donors (Lipinski definition) is 2. The zero-order chi connectivity index (χ0) is 15.9. The number of amides is 1. The second kappa shape index (κ2) is 8.18. The van der Waals surface area contributed by atoms with Gasteiger partial charge in [0.25, 0.3) is 0 Å². The van der Waals surface area contributed by atoms with Gasteiger partial charge in [-0.05, 0) is 70.3 Å². The molecule has 122 valence electrons. The number of nitrogens with one attached hydrogen (secondary N) is 2. The lowest BCUT2D eigenvalue weighted by Crippen LogP contribution is -2.33. The van der Waals surface area contributed by atoms with Crippen LogP contribution in [0.25, 0.3) is 0 Å². The van der Waals surface area contributed by atoms with Crippen molar-refractivity contribution < 1.29 is 9.53 Å². The molecule has 4 nitrogen and oxygen atoms in total. The van der Waals surface area contributed by atoms with E-state index in [0.717, 1.165) is 37.2 Å². The van der Waals surface area contributed by atoms with Crippen LogP contribution in [0.3, 0.4) is 0 Å². The maximum Gasteiger partial charge on any atom is 0.220 e. The molecule has 0 aliphatic carbocycles. The fraction of sp³-hybridized carbons (Fsp3) is 0.611. The zero-order valence-electron chi connectivity index (χ0n) is 13.9. The van der Waals surface area contributed by atoms with Crippen LogP contribution in [-0.4, -0.2) is 25.1 Å². The summed E-state index contributed by atoms with van der Waals surface area (Å²) in [5, 5.41) is 6.43. The number of ether oxygens (including phenoxy) is 1. The number of carbonyl (C=O) groups excluding carboxylic acids is 1. The lowest BCUT2D eigenvalue weighted by molar-refractivity contribution is -0.122. The molecule has 2 N–H and O–H groups in total. The molecule has 1 saturated heterocycles. The highest BCUT2D eigenvalue weighted by atomic mass is 16.5. The van der Waals surface area contributed by atoms with E-state index in [-0.39, 0.29) is 18.1 Å². The van der Waals surface area contributed by atoms with E-state index in [4.69, 9.17) is 4.74 Å². The van der Waals surface area contributed by atoms with E-state index >= 15 is 0 Å². The summed E-state index contributed by atoms with van der Waals surface area (Å²) < 4.78 is 5.64. The molecule has 1 atom stereocenters. The van der Waals surface area contributed by atoms with Crippen molar-refractivity contribution in [2.45, 2.75) is 52.2 Å². The Morgan fingerprint density at radius 2 is 1.86 bits per heavy atom. The van der Waals surface area contributed by atoms with Gasteiger partial charge in [0.15, 0.2) is 0 Å². The van der Waals surface area contributed by atoms with Gasteiger partial charge >= 0.3 is 0 Å². The van der Waals surface area contributed by atoms with Crippen molar-refractivity contribution in [3.8, 4) is 5.75 Å². The average molecular weight is 304 g/mol. The van der Waals surface area contributed by atoms with E-state index in [1.165, 1.54) is 0 Å². The summed E-state index contributed by atoms with van der Waals surface area (Å²) in [4.78, 5) is 12.2. The van der Waals surface area contributed by atoms with Gasteiger partial charge in [0.1, 0.15) is 5.75 Å². The van der Waals surface area contributed by atoms with Crippen LogP contribution < -0.4 is 15.4 Å². The van der Waals surface area contributed by atoms with E-state index in [2.05, 4.69) is 10.6 Å². The van der Waals surface area contributed by atoms with E-state index in [1.54, 1.807) is 0 Å². The predicted molar refractivity (Wildman–Crippen MR) is 89.0 cm³/mol. The molecule has 1 aromatic rings. The molecular formula is C18H28N2O2. The van der Waals surface area contributed by atoms with Gasteiger partial charge in [-0.3, -0.25) is 4.79 Å². The van der Waals surface area contributed by atoms with E-state index in [9.17, 15) is 4.79 Å². The first kappa shape index (κ1) is 16.8. The molecule has 0 bridgehead atoms. The SMILES string of the molecule is CC(C)Oc1ccc(C(C)NC(=O)CC2CCNCC2)cc1. The summed E-state index contributed by atoms with van der Waals surface area (Å²) in [6.45, 7) is 8.11. The Labute approximate surface area is 133 Å². The molecular weight excluding hydrogens is 276 g/mol. The van der Waals surface area contributed by atoms with Gasteiger partial charge in [-0.2, -0.15) is 0 Å². The molecule has 2 rings (SSSR count). The quantitative estimate of drug-likeness (QED) is 0.849. The minimum absolute atomic E-state index is 0.0299. The molecule has 22 heavy (non-hydrogen) atoms. The molecule has 0 aromatic heterocycles. The number of carbonyl (C=O) groups is 1. The van der Waals surface area contributed by atoms with E-state index < -0.39 is 0 Å². The van der Waals surface area contributed by atoms with E-state index in [1.807, 2.05) is 45.0 Å². The molecule has 1 aliphatic rings. The molecule has 1 fully saturated rings. The third-order valence-electron chi connectivity index (χ3n) is 4.06. The average Bonchev–Trinajstić information content (AvgIpc) is 2.48. The summed E-state index contributed by atoms with van der Waals surface area (Å²) in [6.07, 6.45) is 3.01. The largest absolute Gasteiger partial charge is 0.491 e. The van der Waals surface area contributed by atoms with Gasteiger partial charge in [0.2, 0.25) is 5.91 Å². The Balaban J connectivity index is 1.82. The molecule has 0 saturated carbocycles.